The molecule has 0 bridgehead atoms. The number of urea groups is 1. The van der Waals surface area contributed by atoms with Gasteiger partial charge in [0.2, 0.25) is 0 Å². The molecular weight excluding hydrogens is 268 g/mol. The fourth-order valence-electron chi connectivity index (χ4n) is 1.96. The molecule has 0 aliphatic carbocycles. The number of furan rings is 1. The second-order valence-electron chi connectivity index (χ2n) is 4.70. The van der Waals surface area contributed by atoms with E-state index in [1.54, 1.807) is 6.07 Å². The summed E-state index contributed by atoms with van der Waals surface area (Å²) in [6, 6.07) is 10.5. The molecule has 2 amide bonds. The Balaban J connectivity index is 1.98. The highest BCUT2D eigenvalue weighted by atomic mass is 16.5. The Morgan fingerprint density at radius 1 is 1.29 bits per heavy atom. The molecule has 1 aromatic heterocycles. The van der Waals surface area contributed by atoms with Crippen LogP contribution in [0.25, 0.3) is 0 Å². The molecule has 5 heteroatoms. The van der Waals surface area contributed by atoms with Gasteiger partial charge in [-0.05, 0) is 45.0 Å². The standard InChI is InChI=1S/C16H20N2O3/c1-4-20-15-8-6-5-7-13(15)18-16(19)17-12(3)14-10-9-11(2)21-14/h5-10,12H,4H2,1-3H3,(H2,17,18,19)/t12-/m0/s1. The molecule has 0 radical (unpaired) electrons. The first-order chi connectivity index (χ1) is 10.1. The first-order valence-corrected chi connectivity index (χ1v) is 6.96. The van der Waals surface area contributed by atoms with Crippen LogP contribution in [0.2, 0.25) is 0 Å². The van der Waals surface area contributed by atoms with Crippen LogP contribution in [0, 0.1) is 6.92 Å². The van der Waals surface area contributed by atoms with Gasteiger partial charge in [0, 0.05) is 0 Å². The first-order valence-electron chi connectivity index (χ1n) is 6.96. The van der Waals surface area contributed by atoms with Gasteiger partial charge in [-0.2, -0.15) is 0 Å². The van der Waals surface area contributed by atoms with Crippen molar-refractivity contribution < 1.29 is 13.9 Å². The predicted molar refractivity (Wildman–Crippen MR) is 81.6 cm³/mol. The van der Waals surface area contributed by atoms with E-state index in [4.69, 9.17) is 9.15 Å². The molecule has 2 aromatic rings. The van der Waals surface area contributed by atoms with Crippen molar-refractivity contribution in [2.24, 2.45) is 0 Å². The number of amides is 2. The van der Waals surface area contributed by atoms with Gasteiger partial charge in [-0.25, -0.2) is 4.79 Å². The SMILES string of the molecule is CCOc1ccccc1NC(=O)N[C@@H](C)c1ccc(C)o1. The third kappa shape index (κ3) is 4.02. The van der Waals surface area contributed by atoms with Crippen molar-refractivity contribution in [3.63, 3.8) is 0 Å². The Kier molecular flexibility index (Phi) is 4.87. The van der Waals surface area contributed by atoms with Crippen molar-refractivity contribution >= 4 is 11.7 Å². The number of aryl methyl sites for hydroxylation is 1. The number of carbonyl (C=O) groups excluding carboxylic acids is 1. The quantitative estimate of drug-likeness (QED) is 0.877. The summed E-state index contributed by atoms with van der Waals surface area (Å²) < 4.78 is 11.0. The third-order valence-corrected chi connectivity index (χ3v) is 2.97. The Labute approximate surface area is 124 Å². The summed E-state index contributed by atoms with van der Waals surface area (Å²) >= 11 is 0. The number of carbonyl (C=O) groups is 1. The second-order valence-corrected chi connectivity index (χ2v) is 4.70. The summed E-state index contributed by atoms with van der Waals surface area (Å²) in [5.41, 5.74) is 0.639. The highest BCUT2D eigenvalue weighted by Crippen LogP contribution is 2.24. The van der Waals surface area contributed by atoms with Crippen LogP contribution in [0.15, 0.2) is 40.8 Å². The molecule has 0 spiro atoms. The lowest BCUT2D eigenvalue weighted by atomic mass is 10.2. The third-order valence-electron chi connectivity index (χ3n) is 2.97. The second kappa shape index (κ2) is 6.83. The van der Waals surface area contributed by atoms with Crippen LogP contribution in [0.1, 0.15) is 31.4 Å². The summed E-state index contributed by atoms with van der Waals surface area (Å²) in [6.07, 6.45) is 0. The molecule has 0 saturated heterocycles. The van der Waals surface area contributed by atoms with E-state index in [0.29, 0.717) is 18.0 Å². The highest BCUT2D eigenvalue weighted by Gasteiger charge is 2.13. The Hall–Kier alpha value is -2.43. The van der Waals surface area contributed by atoms with Crippen LogP contribution >= 0.6 is 0 Å². The van der Waals surface area contributed by atoms with Crippen LogP contribution in [0.4, 0.5) is 10.5 Å². The first kappa shape index (κ1) is 15.0. The number of nitrogens with one attached hydrogen (secondary N) is 2. The zero-order chi connectivity index (χ0) is 15.2. The van der Waals surface area contributed by atoms with E-state index >= 15 is 0 Å². The largest absolute Gasteiger partial charge is 0.492 e. The lowest BCUT2D eigenvalue weighted by molar-refractivity contribution is 0.247. The number of anilines is 1. The van der Waals surface area contributed by atoms with E-state index in [9.17, 15) is 4.79 Å². The average molecular weight is 288 g/mol. The van der Waals surface area contributed by atoms with Gasteiger partial charge in [0.05, 0.1) is 18.3 Å². The van der Waals surface area contributed by atoms with Crippen LogP contribution in [0.3, 0.4) is 0 Å². The number of ether oxygens (including phenoxy) is 1. The number of rotatable bonds is 5. The summed E-state index contributed by atoms with van der Waals surface area (Å²) in [4.78, 5) is 12.0. The van der Waals surface area contributed by atoms with Crippen molar-refractivity contribution in [1.82, 2.24) is 5.32 Å². The molecular formula is C16H20N2O3. The smallest absolute Gasteiger partial charge is 0.319 e. The van der Waals surface area contributed by atoms with Gasteiger partial charge in [0.25, 0.3) is 0 Å². The van der Waals surface area contributed by atoms with Gasteiger partial charge in [-0.3, -0.25) is 0 Å². The van der Waals surface area contributed by atoms with E-state index < -0.39 is 0 Å². The van der Waals surface area contributed by atoms with Gasteiger partial charge in [0.15, 0.2) is 0 Å². The summed E-state index contributed by atoms with van der Waals surface area (Å²) in [5.74, 6) is 2.19. The lowest BCUT2D eigenvalue weighted by Crippen LogP contribution is -2.31. The Bertz CT molecular complexity index is 607. The van der Waals surface area contributed by atoms with Gasteiger partial charge in [-0.1, -0.05) is 12.1 Å². The van der Waals surface area contributed by atoms with Gasteiger partial charge in [0.1, 0.15) is 17.3 Å². The molecule has 1 aromatic carbocycles. The van der Waals surface area contributed by atoms with E-state index in [2.05, 4.69) is 10.6 Å². The maximum absolute atomic E-state index is 12.0. The molecule has 0 aliphatic rings. The molecule has 1 heterocycles. The molecule has 2 N–H and O–H groups in total. The molecule has 0 saturated carbocycles. The zero-order valence-electron chi connectivity index (χ0n) is 12.5. The van der Waals surface area contributed by atoms with Crippen LogP contribution in [0.5, 0.6) is 5.75 Å². The molecule has 5 nitrogen and oxygen atoms in total. The minimum absolute atomic E-state index is 0.210. The van der Waals surface area contributed by atoms with E-state index in [1.165, 1.54) is 0 Å². The van der Waals surface area contributed by atoms with Crippen molar-refractivity contribution in [2.45, 2.75) is 26.8 Å². The maximum atomic E-state index is 12.0. The Morgan fingerprint density at radius 3 is 2.71 bits per heavy atom. The predicted octanol–water partition coefficient (Wildman–Crippen LogP) is 3.87. The summed E-state index contributed by atoms with van der Waals surface area (Å²) in [5, 5.41) is 5.61. The lowest BCUT2D eigenvalue weighted by Gasteiger charge is -2.14. The maximum Gasteiger partial charge on any atom is 0.319 e. The summed E-state index contributed by atoms with van der Waals surface area (Å²) in [7, 11) is 0. The van der Waals surface area contributed by atoms with Gasteiger partial charge in [-0.15, -0.1) is 0 Å². The van der Waals surface area contributed by atoms with Crippen LogP contribution < -0.4 is 15.4 Å². The highest BCUT2D eigenvalue weighted by molar-refractivity contribution is 5.91. The minimum Gasteiger partial charge on any atom is -0.492 e. The number of para-hydroxylation sites is 2. The van der Waals surface area contributed by atoms with Crippen LogP contribution in [-0.2, 0) is 0 Å². The van der Waals surface area contributed by atoms with Gasteiger partial charge >= 0.3 is 6.03 Å². The molecule has 0 fully saturated rings. The molecule has 2 rings (SSSR count). The topological polar surface area (TPSA) is 63.5 Å². The average Bonchev–Trinajstić information content (AvgIpc) is 2.88. The molecule has 1 atom stereocenters. The van der Waals surface area contributed by atoms with Crippen molar-refractivity contribution in [2.75, 3.05) is 11.9 Å². The number of benzene rings is 1. The van der Waals surface area contributed by atoms with Gasteiger partial charge < -0.3 is 19.8 Å². The minimum atomic E-state index is -0.302. The number of hydrogen-bond donors (Lipinski definition) is 2. The van der Waals surface area contributed by atoms with Crippen LogP contribution in [-0.4, -0.2) is 12.6 Å². The molecule has 21 heavy (non-hydrogen) atoms. The monoisotopic (exact) mass is 288 g/mol. The number of hydrogen-bond acceptors (Lipinski definition) is 3. The molecule has 0 aliphatic heterocycles. The van der Waals surface area contributed by atoms with Crippen molar-refractivity contribution in [3.8, 4) is 5.75 Å². The Morgan fingerprint density at radius 2 is 2.05 bits per heavy atom. The van der Waals surface area contributed by atoms with E-state index in [-0.39, 0.29) is 12.1 Å². The van der Waals surface area contributed by atoms with E-state index in [0.717, 1.165) is 11.5 Å². The molecule has 0 unspecified atom stereocenters. The fraction of sp³-hybridized carbons (Fsp3) is 0.312. The normalized spacial score (nSPS) is 11.8. The summed E-state index contributed by atoms with van der Waals surface area (Å²) in [6.45, 7) is 6.18. The van der Waals surface area contributed by atoms with Crippen molar-refractivity contribution in [1.29, 1.82) is 0 Å². The van der Waals surface area contributed by atoms with E-state index in [1.807, 2.05) is 51.1 Å². The van der Waals surface area contributed by atoms with Crippen molar-refractivity contribution in [3.05, 3.63) is 47.9 Å². The fourth-order valence-corrected chi connectivity index (χ4v) is 1.96. The zero-order valence-corrected chi connectivity index (χ0v) is 12.5. The molecule has 112 valence electrons.